The number of hydrogen-bond acceptors (Lipinski definition) is 5. The highest BCUT2D eigenvalue weighted by atomic mass is 32.2. The monoisotopic (exact) mass is 341 g/mol. The van der Waals surface area contributed by atoms with Crippen molar-refractivity contribution in [2.24, 2.45) is 0 Å². The average molecular weight is 341 g/mol. The van der Waals surface area contributed by atoms with E-state index in [1.165, 1.54) is 24.6 Å². The number of hydrogen-bond donors (Lipinski definition) is 0. The first-order valence-corrected chi connectivity index (χ1v) is 9.74. The van der Waals surface area contributed by atoms with Gasteiger partial charge in [-0.05, 0) is 25.8 Å². The summed E-state index contributed by atoms with van der Waals surface area (Å²) in [6.45, 7) is 6.87. The lowest BCUT2D eigenvalue weighted by molar-refractivity contribution is -0.131. The summed E-state index contributed by atoms with van der Waals surface area (Å²) in [5, 5.41) is 0.122. The smallest absolute Gasteiger partial charge is 0.281 e. The Balaban J connectivity index is 1.39. The van der Waals surface area contributed by atoms with Crippen LogP contribution in [0.5, 0.6) is 0 Å². The van der Waals surface area contributed by atoms with Crippen molar-refractivity contribution >= 4 is 22.9 Å². The summed E-state index contributed by atoms with van der Waals surface area (Å²) < 4.78 is 5.71. The molecule has 3 heterocycles. The molecule has 2 amide bonds. The van der Waals surface area contributed by atoms with E-state index in [0.29, 0.717) is 19.1 Å². The number of carbonyl (C=O) groups is 2. The molecule has 3 aliphatic heterocycles. The second-order valence-electron chi connectivity index (χ2n) is 6.52. The molecule has 0 bridgehead atoms. The van der Waals surface area contributed by atoms with Gasteiger partial charge in [0.15, 0.2) is 0 Å². The van der Waals surface area contributed by atoms with Crippen LogP contribution in [0.3, 0.4) is 0 Å². The zero-order valence-corrected chi connectivity index (χ0v) is 14.6. The van der Waals surface area contributed by atoms with Crippen molar-refractivity contribution < 1.29 is 14.3 Å². The van der Waals surface area contributed by atoms with Crippen LogP contribution in [0.1, 0.15) is 25.7 Å². The predicted octanol–water partition coefficient (Wildman–Crippen LogP) is 1.26. The van der Waals surface area contributed by atoms with E-state index in [0.717, 1.165) is 58.0 Å². The zero-order chi connectivity index (χ0) is 16.1. The molecule has 0 unspecified atom stereocenters. The van der Waals surface area contributed by atoms with Crippen LogP contribution in [0.15, 0.2) is 0 Å². The second-order valence-corrected chi connectivity index (χ2v) is 7.57. The first kappa shape index (κ1) is 17.0. The van der Waals surface area contributed by atoms with Crippen molar-refractivity contribution in [1.29, 1.82) is 0 Å². The van der Waals surface area contributed by atoms with Gasteiger partial charge in [-0.1, -0.05) is 11.8 Å². The molecule has 3 saturated heterocycles. The van der Waals surface area contributed by atoms with Crippen LogP contribution in [0.4, 0.5) is 4.79 Å². The maximum Gasteiger partial charge on any atom is 0.281 e. The van der Waals surface area contributed by atoms with E-state index in [9.17, 15) is 9.59 Å². The third-order valence-corrected chi connectivity index (χ3v) is 5.76. The largest absolute Gasteiger partial charge is 0.377 e. The van der Waals surface area contributed by atoms with E-state index in [2.05, 4.69) is 4.90 Å². The topological polar surface area (TPSA) is 53.1 Å². The summed E-state index contributed by atoms with van der Waals surface area (Å²) >= 11 is 1.35. The number of amides is 2. The van der Waals surface area contributed by atoms with Crippen molar-refractivity contribution in [3.8, 4) is 0 Å². The molecule has 1 atom stereocenters. The molecule has 0 aromatic carbocycles. The molecule has 7 heteroatoms. The first-order chi connectivity index (χ1) is 11.2. The SMILES string of the molecule is O=C(CCN1CCSC1=O)N1CCCN(C[C@@H]2CCCO2)CC1. The van der Waals surface area contributed by atoms with Crippen molar-refractivity contribution in [3.63, 3.8) is 0 Å². The molecular formula is C16H27N3O3S. The minimum atomic E-state index is 0.122. The van der Waals surface area contributed by atoms with Gasteiger partial charge in [0.1, 0.15) is 0 Å². The van der Waals surface area contributed by atoms with Gasteiger partial charge in [0.25, 0.3) is 5.24 Å². The summed E-state index contributed by atoms with van der Waals surface area (Å²) in [6, 6.07) is 0. The van der Waals surface area contributed by atoms with Gasteiger partial charge in [-0.3, -0.25) is 14.5 Å². The molecule has 130 valence electrons. The van der Waals surface area contributed by atoms with Gasteiger partial charge in [0.05, 0.1) is 6.10 Å². The van der Waals surface area contributed by atoms with Gasteiger partial charge in [0, 0.05) is 58.0 Å². The minimum absolute atomic E-state index is 0.122. The Morgan fingerprint density at radius 2 is 2.09 bits per heavy atom. The Hall–Kier alpha value is -0.790. The Morgan fingerprint density at radius 3 is 2.83 bits per heavy atom. The molecule has 23 heavy (non-hydrogen) atoms. The molecule has 3 fully saturated rings. The van der Waals surface area contributed by atoms with Crippen molar-refractivity contribution in [2.45, 2.75) is 31.8 Å². The van der Waals surface area contributed by atoms with E-state index in [4.69, 9.17) is 4.74 Å². The number of rotatable bonds is 5. The number of ether oxygens (including phenoxy) is 1. The maximum atomic E-state index is 12.4. The van der Waals surface area contributed by atoms with Gasteiger partial charge >= 0.3 is 0 Å². The van der Waals surface area contributed by atoms with Crippen LogP contribution >= 0.6 is 11.8 Å². The number of carbonyl (C=O) groups excluding carboxylic acids is 2. The normalized spacial score (nSPS) is 26.8. The van der Waals surface area contributed by atoms with Crippen molar-refractivity contribution in [2.75, 3.05) is 58.2 Å². The molecule has 0 saturated carbocycles. The fraction of sp³-hybridized carbons (Fsp3) is 0.875. The van der Waals surface area contributed by atoms with Gasteiger partial charge in [-0.2, -0.15) is 0 Å². The third kappa shape index (κ3) is 4.84. The summed E-state index contributed by atoms with van der Waals surface area (Å²) in [5.74, 6) is 1.04. The van der Waals surface area contributed by atoms with E-state index in [-0.39, 0.29) is 11.1 Å². The summed E-state index contributed by atoms with van der Waals surface area (Å²) in [7, 11) is 0. The minimum Gasteiger partial charge on any atom is -0.377 e. The van der Waals surface area contributed by atoms with Crippen molar-refractivity contribution in [3.05, 3.63) is 0 Å². The van der Waals surface area contributed by atoms with Crippen LogP contribution in [-0.2, 0) is 9.53 Å². The standard InChI is InChI=1S/C16H27N3O3S/c20-15(4-7-19-10-12-23-16(19)21)18-6-2-5-17(8-9-18)13-14-3-1-11-22-14/h14H,1-13H2/t14-/m0/s1. The van der Waals surface area contributed by atoms with Crippen LogP contribution < -0.4 is 0 Å². The molecule has 3 rings (SSSR count). The molecule has 0 aromatic rings. The van der Waals surface area contributed by atoms with Gasteiger partial charge in [0.2, 0.25) is 5.91 Å². The zero-order valence-electron chi connectivity index (χ0n) is 13.7. The lowest BCUT2D eigenvalue weighted by Gasteiger charge is -2.24. The summed E-state index contributed by atoms with van der Waals surface area (Å²) in [4.78, 5) is 30.2. The molecule has 0 aromatic heterocycles. The fourth-order valence-corrected chi connectivity index (χ4v) is 4.35. The highest BCUT2D eigenvalue weighted by Crippen LogP contribution is 2.18. The van der Waals surface area contributed by atoms with Crippen molar-refractivity contribution in [1.82, 2.24) is 14.7 Å². The Morgan fingerprint density at radius 1 is 1.17 bits per heavy atom. The first-order valence-electron chi connectivity index (χ1n) is 8.76. The molecule has 3 aliphatic rings. The van der Waals surface area contributed by atoms with E-state index in [1.807, 2.05) is 4.90 Å². The van der Waals surface area contributed by atoms with Crippen LogP contribution in [0, 0.1) is 0 Å². The van der Waals surface area contributed by atoms with Crippen LogP contribution in [0.2, 0.25) is 0 Å². The van der Waals surface area contributed by atoms with E-state index < -0.39 is 0 Å². The highest BCUT2D eigenvalue weighted by molar-refractivity contribution is 8.13. The molecular weight excluding hydrogens is 314 g/mol. The molecule has 0 spiro atoms. The molecule has 0 N–H and O–H groups in total. The number of nitrogens with zero attached hydrogens (tertiary/aromatic N) is 3. The summed E-state index contributed by atoms with van der Waals surface area (Å²) in [6.07, 6.45) is 4.21. The second kappa shape index (κ2) is 8.35. The highest BCUT2D eigenvalue weighted by Gasteiger charge is 2.25. The average Bonchev–Trinajstić information content (AvgIpc) is 3.13. The van der Waals surface area contributed by atoms with Gasteiger partial charge in [-0.15, -0.1) is 0 Å². The van der Waals surface area contributed by atoms with Gasteiger partial charge in [-0.25, -0.2) is 0 Å². The predicted molar refractivity (Wildman–Crippen MR) is 90.7 cm³/mol. The third-order valence-electron chi connectivity index (χ3n) is 4.87. The Labute approximate surface area is 142 Å². The quantitative estimate of drug-likeness (QED) is 0.753. The molecule has 6 nitrogen and oxygen atoms in total. The van der Waals surface area contributed by atoms with Gasteiger partial charge < -0.3 is 14.5 Å². The summed E-state index contributed by atoms with van der Waals surface area (Å²) in [5.41, 5.74) is 0. The van der Waals surface area contributed by atoms with Crippen LogP contribution in [0.25, 0.3) is 0 Å². The molecule has 0 aliphatic carbocycles. The Kier molecular flexibility index (Phi) is 6.19. The Bertz CT molecular complexity index is 429. The fourth-order valence-electron chi connectivity index (χ4n) is 3.50. The lowest BCUT2D eigenvalue weighted by Crippen LogP contribution is -2.38. The maximum absolute atomic E-state index is 12.4. The molecule has 0 radical (unpaired) electrons. The number of thioether (sulfide) groups is 1. The van der Waals surface area contributed by atoms with Crippen LogP contribution in [-0.4, -0.2) is 90.1 Å². The van der Waals surface area contributed by atoms with E-state index in [1.54, 1.807) is 4.90 Å². The lowest BCUT2D eigenvalue weighted by atomic mass is 10.2. The van der Waals surface area contributed by atoms with E-state index >= 15 is 0 Å².